The van der Waals surface area contributed by atoms with Crippen LogP contribution in [0.4, 0.5) is 10.5 Å². The Kier molecular flexibility index (Phi) is 4.21. The summed E-state index contributed by atoms with van der Waals surface area (Å²) >= 11 is 0. The first kappa shape index (κ1) is 15.4. The molecule has 1 fully saturated rings. The average molecular weight is 290 g/mol. The van der Waals surface area contributed by atoms with Crippen LogP contribution in [-0.2, 0) is 9.53 Å². The zero-order valence-corrected chi connectivity index (χ0v) is 13.0. The van der Waals surface area contributed by atoms with Crippen LogP contribution in [0.1, 0.15) is 26.3 Å². The molecule has 1 aliphatic heterocycles. The zero-order chi connectivity index (χ0) is 15.6. The van der Waals surface area contributed by atoms with Gasteiger partial charge in [0.2, 0.25) is 5.91 Å². The molecule has 0 aliphatic carbocycles. The third kappa shape index (κ3) is 3.74. The summed E-state index contributed by atoms with van der Waals surface area (Å²) in [5, 5.41) is 2.83. The van der Waals surface area contributed by atoms with Crippen LogP contribution in [0.2, 0.25) is 0 Å². The van der Waals surface area contributed by atoms with Crippen LogP contribution in [0, 0.1) is 12.3 Å². The highest BCUT2D eigenvalue weighted by Crippen LogP contribution is 2.22. The van der Waals surface area contributed by atoms with E-state index in [4.69, 9.17) is 4.74 Å². The van der Waals surface area contributed by atoms with Gasteiger partial charge in [-0.2, -0.15) is 0 Å². The molecule has 5 nitrogen and oxygen atoms in total. The van der Waals surface area contributed by atoms with E-state index in [-0.39, 0.29) is 18.1 Å². The third-order valence-corrected chi connectivity index (χ3v) is 3.36. The van der Waals surface area contributed by atoms with Crippen LogP contribution >= 0.6 is 0 Å². The van der Waals surface area contributed by atoms with Gasteiger partial charge in [-0.05, 0) is 24.6 Å². The van der Waals surface area contributed by atoms with Crippen molar-refractivity contribution in [3.05, 3.63) is 29.8 Å². The number of rotatable bonds is 3. The lowest BCUT2D eigenvalue weighted by Gasteiger charge is -2.19. The highest BCUT2D eigenvalue weighted by molar-refractivity contribution is 5.90. The van der Waals surface area contributed by atoms with E-state index >= 15 is 0 Å². The Bertz CT molecular complexity index is 549. The Hall–Kier alpha value is -2.04. The molecule has 0 aromatic heterocycles. The van der Waals surface area contributed by atoms with Crippen LogP contribution in [0.25, 0.3) is 0 Å². The minimum absolute atomic E-state index is 0.0486. The predicted molar refractivity (Wildman–Crippen MR) is 81.3 cm³/mol. The number of benzene rings is 1. The zero-order valence-electron chi connectivity index (χ0n) is 13.0. The molecule has 1 unspecified atom stereocenters. The topological polar surface area (TPSA) is 58.6 Å². The Morgan fingerprint density at radius 1 is 1.43 bits per heavy atom. The minimum atomic E-state index is -0.446. The second-order valence-electron chi connectivity index (χ2n) is 6.42. The van der Waals surface area contributed by atoms with Crippen molar-refractivity contribution in [2.45, 2.75) is 33.8 Å². The molecule has 1 aliphatic rings. The Labute approximate surface area is 125 Å². The van der Waals surface area contributed by atoms with Crippen LogP contribution < -0.4 is 10.2 Å². The van der Waals surface area contributed by atoms with Gasteiger partial charge in [0.1, 0.15) is 6.10 Å². The van der Waals surface area contributed by atoms with Crippen LogP contribution in [-0.4, -0.2) is 31.2 Å². The maximum absolute atomic E-state index is 11.9. The molecule has 5 heteroatoms. The Balaban J connectivity index is 1.96. The van der Waals surface area contributed by atoms with Gasteiger partial charge >= 0.3 is 6.09 Å². The highest BCUT2D eigenvalue weighted by atomic mass is 16.6. The van der Waals surface area contributed by atoms with Crippen LogP contribution in [0.5, 0.6) is 0 Å². The third-order valence-electron chi connectivity index (χ3n) is 3.36. The number of hydrogen-bond acceptors (Lipinski definition) is 3. The lowest BCUT2D eigenvalue weighted by Crippen LogP contribution is -2.40. The summed E-state index contributed by atoms with van der Waals surface area (Å²) in [5.41, 5.74) is 1.47. The molecule has 2 amide bonds. The van der Waals surface area contributed by atoms with Crippen molar-refractivity contribution in [1.82, 2.24) is 5.32 Å². The summed E-state index contributed by atoms with van der Waals surface area (Å²) in [5.74, 6) is -0.0486. The quantitative estimate of drug-likeness (QED) is 0.930. The van der Waals surface area contributed by atoms with Crippen molar-refractivity contribution in [2.24, 2.45) is 5.41 Å². The van der Waals surface area contributed by atoms with Crippen molar-refractivity contribution in [1.29, 1.82) is 0 Å². The van der Waals surface area contributed by atoms with Gasteiger partial charge in [0.15, 0.2) is 0 Å². The fourth-order valence-electron chi connectivity index (χ4n) is 2.11. The molecule has 0 spiro atoms. The molecule has 1 aromatic rings. The van der Waals surface area contributed by atoms with Gasteiger partial charge in [0.25, 0.3) is 0 Å². The summed E-state index contributed by atoms with van der Waals surface area (Å²) in [6.45, 7) is 8.31. The van der Waals surface area contributed by atoms with E-state index in [2.05, 4.69) is 5.32 Å². The number of aryl methyl sites for hydroxylation is 1. The average Bonchev–Trinajstić information content (AvgIpc) is 2.76. The number of cyclic esters (lactones) is 1. The number of amides is 2. The van der Waals surface area contributed by atoms with E-state index in [1.807, 2.05) is 52.0 Å². The molecule has 1 saturated heterocycles. The van der Waals surface area contributed by atoms with Crippen molar-refractivity contribution < 1.29 is 14.3 Å². The molecule has 21 heavy (non-hydrogen) atoms. The normalized spacial score (nSPS) is 18.6. The molecule has 1 heterocycles. The van der Waals surface area contributed by atoms with Gasteiger partial charge in [-0.15, -0.1) is 0 Å². The first-order valence-electron chi connectivity index (χ1n) is 7.10. The largest absolute Gasteiger partial charge is 0.442 e. The molecular formula is C16H22N2O3. The Morgan fingerprint density at radius 3 is 2.76 bits per heavy atom. The molecule has 1 N–H and O–H groups in total. The van der Waals surface area contributed by atoms with Gasteiger partial charge in [-0.25, -0.2) is 4.79 Å². The van der Waals surface area contributed by atoms with Gasteiger partial charge in [0.05, 0.1) is 13.1 Å². The standard InChI is InChI=1S/C16H22N2O3/c1-11-6-5-7-12(8-11)18-10-13(21-15(18)20)9-17-14(19)16(2,3)4/h5-8,13H,9-10H2,1-4H3,(H,17,19). The number of carbonyl (C=O) groups excluding carboxylic acids is 2. The number of ether oxygens (including phenoxy) is 1. The molecule has 114 valence electrons. The molecular weight excluding hydrogens is 268 g/mol. The fourth-order valence-corrected chi connectivity index (χ4v) is 2.11. The summed E-state index contributed by atoms with van der Waals surface area (Å²) in [6.07, 6.45) is -0.681. The van der Waals surface area contributed by atoms with E-state index in [1.165, 1.54) is 0 Å². The number of nitrogens with one attached hydrogen (secondary N) is 1. The minimum Gasteiger partial charge on any atom is -0.442 e. The molecule has 0 bridgehead atoms. The summed E-state index contributed by atoms with van der Waals surface area (Å²) in [7, 11) is 0. The molecule has 0 radical (unpaired) electrons. The fraction of sp³-hybridized carbons (Fsp3) is 0.500. The van der Waals surface area contributed by atoms with Crippen LogP contribution in [0.15, 0.2) is 24.3 Å². The van der Waals surface area contributed by atoms with Crippen molar-refractivity contribution >= 4 is 17.7 Å². The van der Waals surface area contributed by atoms with Gasteiger partial charge in [0, 0.05) is 11.1 Å². The van der Waals surface area contributed by atoms with Gasteiger partial charge < -0.3 is 10.1 Å². The highest BCUT2D eigenvalue weighted by Gasteiger charge is 2.33. The smallest absolute Gasteiger partial charge is 0.414 e. The van der Waals surface area contributed by atoms with Crippen molar-refractivity contribution in [3.8, 4) is 0 Å². The summed E-state index contributed by atoms with van der Waals surface area (Å²) in [4.78, 5) is 25.4. The first-order chi connectivity index (χ1) is 9.77. The molecule has 1 atom stereocenters. The maximum Gasteiger partial charge on any atom is 0.414 e. The van der Waals surface area contributed by atoms with Crippen LogP contribution in [0.3, 0.4) is 0 Å². The number of anilines is 1. The van der Waals surface area contributed by atoms with E-state index in [1.54, 1.807) is 4.90 Å². The monoisotopic (exact) mass is 290 g/mol. The summed E-state index contributed by atoms with van der Waals surface area (Å²) < 4.78 is 5.30. The van der Waals surface area contributed by atoms with Gasteiger partial charge in [-0.3, -0.25) is 9.69 Å². The molecule has 2 rings (SSSR count). The number of carbonyl (C=O) groups is 2. The number of hydrogen-bond donors (Lipinski definition) is 1. The van der Waals surface area contributed by atoms with Crippen molar-refractivity contribution in [3.63, 3.8) is 0 Å². The van der Waals surface area contributed by atoms with E-state index in [0.717, 1.165) is 11.3 Å². The number of nitrogens with zero attached hydrogens (tertiary/aromatic N) is 1. The maximum atomic E-state index is 11.9. The lowest BCUT2D eigenvalue weighted by atomic mass is 9.96. The predicted octanol–water partition coefficient (Wildman–Crippen LogP) is 2.48. The second kappa shape index (κ2) is 5.76. The molecule has 1 aromatic carbocycles. The SMILES string of the molecule is Cc1cccc(N2CC(CNC(=O)C(C)(C)C)OC2=O)c1. The first-order valence-corrected chi connectivity index (χ1v) is 7.10. The second-order valence-corrected chi connectivity index (χ2v) is 6.42. The lowest BCUT2D eigenvalue weighted by molar-refractivity contribution is -0.128. The van der Waals surface area contributed by atoms with Gasteiger partial charge in [-0.1, -0.05) is 32.9 Å². The molecule has 0 saturated carbocycles. The van der Waals surface area contributed by atoms with E-state index in [9.17, 15) is 9.59 Å². The summed E-state index contributed by atoms with van der Waals surface area (Å²) in [6, 6.07) is 7.71. The van der Waals surface area contributed by atoms with Crippen molar-refractivity contribution in [2.75, 3.05) is 18.0 Å². The van der Waals surface area contributed by atoms with E-state index < -0.39 is 5.41 Å². The van der Waals surface area contributed by atoms with E-state index in [0.29, 0.717) is 13.1 Å². The Morgan fingerprint density at radius 2 is 2.14 bits per heavy atom.